The van der Waals surface area contributed by atoms with Crippen LogP contribution in [-0.4, -0.2) is 47.0 Å². The molecule has 4 aromatic heterocycles. The minimum Gasteiger partial charge on any atom is -0.462 e. The molecule has 1 aliphatic rings. The van der Waals surface area contributed by atoms with E-state index in [9.17, 15) is 14.0 Å². The average molecular weight is 485 g/mol. The van der Waals surface area contributed by atoms with Gasteiger partial charge in [-0.25, -0.2) is 23.7 Å². The molecule has 1 aliphatic carbocycles. The molecule has 4 heterocycles. The van der Waals surface area contributed by atoms with Crippen LogP contribution in [0.1, 0.15) is 56.5 Å². The van der Waals surface area contributed by atoms with Gasteiger partial charge in [0.1, 0.15) is 23.2 Å². The summed E-state index contributed by atoms with van der Waals surface area (Å²) in [7, 11) is 0. The first kappa shape index (κ1) is 19.5. The van der Waals surface area contributed by atoms with Crippen LogP contribution in [0.15, 0.2) is 35.4 Å². The predicted octanol–water partition coefficient (Wildman–Crippen LogP) is 3.42. The number of nitrogens with one attached hydrogen (secondary N) is 1. The van der Waals surface area contributed by atoms with Crippen molar-refractivity contribution in [1.82, 2.24) is 28.7 Å². The normalized spacial score (nSPS) is 21.7. The lowest BCUT2D eigenvalue weighted by molar-refractivity contribution is -0.162. The molecule has 0 unspecified atom stereocenters. The molecule has 4 aromatic rings. The number of imidazole rings is 2. The zero-order valence-electron chi connectivity index (χ0n) is 22.8. The Morgan fingerprint density at radius 1 is 1.20 bits per heavy atom. The van der Waals surface area contributed by atoms with E-state index in [0.29, 0.717) is 28.5 Å². The number of rotatable bonds is 6. The lowest BCUT2D eigenvalue weighted by Crippen LogP contribution is -2.51. The Kier molecular flexibility index (Phi) is 4.56. The van der Waals surface area contributed by atoms with E-state index < -0.39 is 30.2 Å². The fourth-order valence-corrected chi connectivity index (χ4v) is 4.56. The topological polar surface area (TPSA) is 108 Å². The van der Waals surface area contributed by atoms with E-state index in [4.69, 9.17) is 8.85 Å². The zero-order chi connectivity index (χ0) is 27.6. The van der Waals surface area contributed by atoms with Gasteiger partial charge in [-0.15, -0.1) is 5.10 Å². The molecule has 0 radical (unpaired) electrons. The maximum atomic E-state index is 14.0. The molecule has 0 atom stereocenters. The molecule has 10 nitrogen and oxygen atoms in total. The molecule has 1 fully saturated rings. The van der Waals surface area contributed by atoms with Gasteiger partial charge in [-0.1, -0.05) is 0 Å². The van der Waals surface area contributed by atoms with Crippen LogP contribution < -0.4 is 11.0 Å². The molecule has 0 bridgehead atoms. The highest BCUT2D eigenvalue weighted by molar-refractivity contribution is 5.84. The number of ether oxygens (including phenoxy) is 1. The van der Waals surface area contributed by atoms with Crippen molar-refractivity contribution >= 4 is 34.2 Å². The third kappa shape index (κ3) is 3.65. The van der Waals surface area contributed by atoms with E-state index in [1.807, 2.05) is 0 Å². The quantitative estimate of drug-likeness (QED) is 0.418. The van der Waals surface area contributed by atoms with E-state index in [-0.39, 0.29) is 30.5 Å². The number of carbonyl (C=O) groups excluding carboxylic acids is 1. The standard InChI is InChI=1S/C24H28FN7O3/c1-13(2)31-17-8-20(26-12-18(17)30(5)23(31)34)28-19-7-6-16-11-27-21(32(16)29-19)24(9-15(25)10-24)22(33)35-14(3)4/h6-8,11-15H,9-10H2,1-5H3,(H,26,28,29)/i5D3. The number of aryl methyl sites for hydroxylation is 1. The van der Waals surface area contributed by atoms with Gasteiger partial charge in [0, 0.05) is 36.0 Å². The van der Waals surface area contributed by atoms with Crippen LogP contribution in [-0.2, 0) is 21.9 Å². The summed E-state index contributed by atoms with van der Waals surface area (Å²) in [5.41, 5.74) is -0.685. The lowest BCUT2D eigenvalue weighted by Gasteiger charge is -2.40. The van der Waals surface area contributed by atoms with E-state index in [0.717, 1.165) is 4.57 Å². The molecule has 35 heavy (non-hydrogen) atoms. The Balaban J connectivity index is 1.55. The second-order valence-corrected chi connectivity index (χ2v) is 9.44. The second-order valence-electron chi connectivity index (χ2n) is 9.44. The van der Waals surface area contributed by atoms with Crippen LogP contribution in [0.3, 0.4) is 0 Å². The Hall–Kier alpha value is -3.76. The summed E-state index contributed by atoms with van der Waals surface area (Å²) in [5, 5.41) is 7.64. The molecule has 0 amide bonds. The summed E-state index contributed by atoms with van der Waals surface area (Å²) < 4.78 is 46.5. The summed E-state index contributed by atoms with van der Waals surface area (Å²) in [6.45, 7) is 4.38. The SMILES string of the molecule is [2H]C([2H])([2H])n1c(=O)n(C(C)C)c2cc(Nc3ccc4cnc(C5(C(=O)OC(C)C)CC(F)C5)n4n3)ncc21. The first-order valence-corrected chi connectivity index (χ1v) is 11.4. The molecule has 1 N–H and O–H groups in total. The van der Waals surface area contributed by atoms with E-state index in [1.54, 1.807) is 52.1 Å². The number of pyridine rings is 1. The number of hydrogen-bond acceptors (Lipinski definition) is 7. The first-order valence-electron chi connectivity index (χ1n) is 12.9. The van der Waals surface area contributed by atoms with Crippen LogP contribution in [0.2, 0.25) is 0 Å². The maximum absolute atomic E-state index is 14.0. The van der Waals surface area contributed by atoms with Crippen molar-refractivity contribution < 1.29 is 18.0 Å². The summed E-state index contributed by atoms with van der Waals surface area (Å²) in [4.78, 5) is 34.6. The summed E-state index contributed by atoms with van der Waals surface area (Å²) >= 11 is 0. The highest BCUT2D eigenvalue weighted by atomic mass is 19.1. The van der Waals surface area contributed by atoms with Gasteiger partial charge in [0.25, 0.3) is 0 Å². The van der Waals surface area contributed by atoms with Crippen molar-refractivity contribution in [3.8, 4) is 0 Å². The van der Waals surface area contributed by atoms with Crippen molar-refractivity contribution in [3.05, 3.63) is 46.9 Å². The van der Waals surface area contributed by atoms with Crippen LogP contribution in [0.25, 0.3) is 16.6 Å². The highest BCUT2D eigenvalue weighted by Crippen LogP contribution is 2.46. The number of alkyl halides is 1. The van der Waals surface area contributed by atoms with Gasteiger partial charge >= 0.3 is 11.7 Å². The molecule has 5 rings (SSSR count). The summed E-state index contributed by atoms with van der Waals surface area (Å²) in [5.74, 6) is 0.430. The lowest BCUT2D eigenvalue weighted by atomic mass is 9.66. The van der Waals surface area contributed by atoms with Crippen molar-refractivity contribution in [1.29, 1.82) is 0 Å². The molecule has 1 saturated carbocycles. The van der Waals surface area contributed by atoms with Crippen LogP contribution in [0.4, 0.5) is 16.0 Å². The molecular formula is C24H28FN7O3. The Morgan fingerprint density at radius 3 is 2.63 bits per heavy atom. The fraction of sp³-hybridized carbons (Fsp3) is 0.458. The van der Waals surface area contributed by atoms with Gasteiger partial charge < -0.3 is 10.1 Å². The van der Waals surface area contributed by atoms with Crippen molar-refractivity contribution in [2.75, 3.05) is 5.32 Å². The van der Waals surface area contributed by atoms with Crippen LogP contribution in [0.5, 0.6) is 0 Å². The minimum absolute atomic E-state index is 0.0392. The fourth-order valence-electron chi connectivity index (χ4n) is 4.56. The van der Waals surface area contributed by atoms with E-state index >= 15 is 0 Å². The Bertz CT molecular complexity index is 1600. The van der Waals surface area contributed by atoms with Crippen LogP contribution >= 0.6 is 0 Å². The monoisotopic (exact) mass is 484 g/mol. The largest absolute Gasteiger partial charge is 0.462 e. The number of anilines is 2. The minimum atomic E-state index is -2.66. The molecule has 0 spiro atoms. The zero-order valence-corrected chi connectivity index (χ0v) is 19.8. The highest BCUT2D eigenvalue weighted by Gasteiger charge is 2.56. The Morgan fingerprint density at radius 2 is 1.97 bits per heavy atom. The van der Waals surface area contributed by atoms with Gasteiger partial charge in [0.15, 0.2) is 5.82 Å². The van der Waals surface area contributed by atoms with Crippen molar-refractivity contribution in [2.24, 2.45) is 6.98 Å². The van der Waals surface area contributed by atoms with Crippen LogP contribution in [0, 0.1) is 0 Å². The average Bonchev–Trinajstić information content (AvgIpc) is 3.33. The first-order chi connectivity index (χ1) is 17.8. The number of hydrogen-bond donors (Lipinski definition) is 1. The Labute approximate surface area is 205 Å². The second kappa shape index (κ2) is 8.17. The molecule has 11 heteroatoms. The maximum Gasteiger partial charge on any atom is 0.329 e. The predicted molar refractivity (Wildman–Crippen MR) is 129 cm³/mol. The molecule has 0 aliphatic heterocycles. The molecule has 0 saturated heterocycles. The number of aromatic nitrogens is 6. The molecule has 0 aromatic carbocycles. The van der Waals surface area contributed by atoms with Gasteiger partial charge in [-0.3, -0.25) is 13.9 Å². The molecule has 184 valence electrons. The third-order valence-corrected chi connectivity index (χ3v) is 6.22. The smallest absolute Gasteiger partial charge is 0.329 e. The number of halogens is 1. The third-order valence-electron chi connectivity index (χ3n) is 6.22. The van der Waals surface area contributed by atoms with Crippen molar-refractivity contribution in [2.45, 2.75) is 64.3 Å². The van der Waals surface area contributed by atoms with E-state index in [2.05, 4.69) is 20.4 Å². The number of esters is 1. The van der Waals surface area contributed by atoms with Crippen molar-refractivity contribution in [3.63, 3.8) is 0 Å². The van der Waals surface area contributed by atoms with Gasteiger partial charge in [-0.2, -0.15) is 0 Å². The molecular weight excluding hydrogens is 453 g/mol. The summed E-state index contributed by atoms with van der Waals surface area (Å²) in [6, 6.07) is 4.72. The number of fused-ring (bicyclic) bond motifs is 2. The summed E-state index contributed by atoms with van der Waals surface area (Å²) in [6.07, 6.45) is 1.31. The number of carbonyl (C=O) groups is 1. The van der Waals surface area contributed by atoms with Gasteiger partial charge in [0.05, 0.1) is 35.0 Å². The number of nitrogens with zero attached hydrogens (tertiary/aromatic N) is 6. The van der Waals surface area contributed by atoms with Gasteiger partial charge in [-0.05, 0) is 39.8 Å². The van der Waals surface area contributed by atoms with E-state index in [1.165, 1.54) is 15.3 Å². The van der Waals surface area contributed by atoms with Gasteiger partial charge in [0.2, 0.25) is 0 Å².